The van der Waals surface area contributed by atoms with Crippen molar-refractivity contribution in [2.75, 3.05) is 19.7 Å². The van der Waals surface area contributed by atoms with E-state index in [0.717, 1.165) is 19.6 Å². The number of amides is 1. The average Bonchev–Trinajstić information content (AvgIpc) is 2.72. The molecular weight excluding hydrogens is 228 g/mol. The van der Waals surface area contributed by atoms with Crippen LogP contribution in [0.25, 0.3) is 0 Å². The van der Waals surface area contributed by atoms with Crippen LogP contribution in [0.5, 0.6) is 0 Å². The summed E-state index contributed by atoms with van der Waals surface area (Å²) in [7, 11) is 0. The van der Waals surface area contributed by atoms with Gasteiger partial charge in [0, 0.05) is 19.6 Å². The highest BCUT2D eigenvalue weighted by atomic mass is 16.6. The van der Waals surface area contributed by atoms with Crippen molar-refractivity contribution in [1.29, 1.82) is 0 Å². The molecule has 1 heterocycles. The predicted octanol–water partition coefficient (Wildman–Crippen LogP) is 2.51. The number of carbonyl (C=O) groups excluding carboxylic acids is 1. The van der Waals surface area contributed by atoms with Crippen molar-refractivity contribution in [1.82, 2.24) is 10.0 Å². The fourth-order valence-corrected chi connectivity index (χ4v) is 2.26. The van der Waals surface area contributed by atoms with Crippen molar-refractivity contribution in [3.05, 3.63) is 35.9 Å². The molecule has 2 rings (SSSR count). The minimum absolute atomic E-state index is 0.238. The summed E-state index contributed by atoms with van der Waals surface area (Å²) in [5, 5.41) is 3.79. The van der Waals surface area contributed by atoms with Gasteiger partial charge in [0.25, 0.3) is 0 Å². The lowest BCUT2D eigenvalue weighted by Gasteiger charge is -2.26. The predicted molar refractivity (Wildman–Crippen MR) is 69.7 cm³/mol. The molecule has 1 amide bonds. The third-order valence-corrected chi connectivity index (χ3v) is 3.03. The highest BCUT2D eigenvalue weighted by molar-refractivity contribution is 5.67. The summed E-state index contributed by atoms with van der Waals surface area (Å²) < 4.78 is 5.09. The van der Waals surface area contributed by atoms with E-state index in [1.807, 2.05) is 25.1 Å². The molecule has 0 aromatic heterocycles. The molecule has 0 bridgehead atoms. The van der Waals surface area contributed by atoms with Gasteiger partial charge in [-0.2, -0.15) is 0 Å². The van der Waals surface area contributed by atoms with Gasteiger partial charge >= 0.3 is 6.09 Å². The van der Waals surface area contributed by atoms with Crippen LogP contribution in [-0.2, 0) is 11.3 Å². The maximum atomic E-state index is 11.9. The molecule has 0 aliphatic carbocycles. The molecule has 0 spiro atoms. The minimum atomic E-state index is -0.238. The Kier molecular flexibility index (Phi) is 4.20. The Morgan fingerprint density at radius 2 is 2.06 bits per heavy atom. The maximum Gasteiger partial charge on any atom is 0.424 e. The molecule has 0 saturated carbocycles. The van der Waals surface area contributed by atoms with E-state index in [9.17, 15) is 4.79 Å². The average molecular weight is 248 g/mol. The second-order valence-electron chi connectivity index (χ2n) is 4.72. The van der Waals surface area contributed by atoms with Gasteiger partial charge in [-0.05, 0) is 18.4 Å². The standard InChI is InChI=1S/C14H20N2O2/c1-3-18-14(17)16-10-12(2)9-15(16)11-13-7-5-4-6-8-13/h4-8,12H,3,9-11H2,1-2H3. The number of ether oxygens (including phenoxy) is 1. The number of carbonyl (C=O) groups is 1. The van der Waals surface area contributed by atoms with Gasteiger partial charge < -0.3 is 4.74 Å². The zero-order valence-corrected chi connectivity index (χ0v) is 11.0. The van der Waals surface area contributed by atoms with Crippen molar-refractivity contribution in [2.45, 2.75) is 20.4 Å². The van der Waals surface area contributed by atoms with Gasteiger partial charge in [0.1, 0.15) is 0 Å². The molecule has 1 unspecified atom stereocenters. The van der Waals surface area contributed by atoms with E-state index >= 15 is 0 Å². The van der Waals surface area contributed by atoms with E-state index < -0.39 is 0 Å². The molecule has 1 aromatic carbocycles. The van der Waals surface area contributed by atoms with Crippen LogP contribution in [-0.4, -0.2) is 35.8 Å². The quantitative estimate of drug-likeness (QED) is 0.824. The Morgan fingerprint density at radius 1 is 1.33 bits per heavy atom. The molecule has 1 atom stereocenters. The van der Waals surface area contributed by atoms with Crippen LogP contribution < -0.4 is 0 Å². The first-order chi connectivity index (χ1) is 8.70. The van der Waals surface area contributed by atoms with E-state index in [0.29, 0.717) is 12.5 Å². The zero-order valence-electron chi connectivity index (χ0n) is 11.0. The molecule has 0 N–H and O–H groups in total. The Hall–Kier alpha value is -1.55. The van der Waals surface area contributed by atoms with E-state index in [2.05, 4.69) is 24.1 Å². The summed E-state index contributed by atoms with van der Waals surface area (Å²) in [6.07, 6.45) is -0.238. The number of hydrogen-bond acceptors (Lipinski definition) is 3. The molecule has 18 heavy (non-hydrogen) atoms. The summed E-state index contributed by atoms with van der Waals surface area (Å²) in [6, 6.07) is 10.2. The van der Waals surface area contributed by atoms with Crippen LogP contribution in [0.15, 0.2) is 30.3 Å². The number of hydrazine groups is 1. The first kappa shape index (κ1) is 12.9. The molecular formula is C14H20N2O2. The van der Waals surface area contributed by atoms with Crippen LogP contribution in [0.2, 0.25) is 0 Å². The first-order valence-corrected chi connectivity index (χ1v) is 6.43. The van der Waals surface area contributed by atoms with E-state index in [1.54, 1.807) is 5.01 Å². The Morgan fingerprint density at radius 3 is 2.72 bits per heavy atom. The van der Waals surface area contributed by atoms with E-state index in [-0.39, 0.29) is 6.09 Å². The minimum Gasteiger partial charge on any atom is -0.449 e. The van der Waals surface area contributed by atoms with Crippen molar-refractivity contribution in [3.63, 3.8) is 0 Å². The normalized spacial score (nSPS) is 20.1. The Bertz CT molecular complexity index is 394. The number of rotatable bonds is 3. The lowest BCUT2D eigenvalue weighted by Crippen LogP contribution is -2.41. The van der Waals surface area contributed by atoms with Gasteiger partial charge in [-0.25, -0.2) is 14.8 Å². The Balaban J connectivity index is 2.03. The SMILES string of the molecule is CCOC(=O)N1CC(C)CN1Cc1ccccc1. The second-order valence-corrected chi connectivity index (χ2v) is 4.72. The number of hydrogen-bond donors (Lipinski definition) is 0. The zero-order chi connectivity index (χ0) is 13.0. The number of nitrogens with zero attached hydrogens (tertiary/aromatic N) is 2. The van der Waals surface area contributed by atoms with E-state index in [4.69, 9.17) is 4.74 Å². The first-order valence-electron chi connectivity index (χ1n) is 6.43. The third kappa shape index (κ3) is 3.01. The summed E-state index contributed by atoms with van der Waals surface area (Å²) in [4.78, 5) is 11.9. The molecule has 1 aliphatic heterocycles. The lowest BCUT2D eigenvalue weighted by molar-refractivity contribution is 0.0102. The smallest absolute Gasteiger partial charge is 0.424 e. The van der Waals surface area contributed by atoms with Gasteiger partial charge in [0.05, 0.1) is 6.61 Å². The molecule has 4 nitrogen and oxygen atoms in total. The van der Waals surface area contributed by atoms with Gasteiger partial charge in [0.2, 0.25) is 0 Å². The fourth-order valence-electron chi connectivity index (χ4n) is 2.26. The number of benzene rings is 1. The van der Waals surface area contributed by atoms with Crippen LogP contribution >= 0.6 is 0 Å². The lowest BCUT2D eigenvalue weighted by atomic mass is 10.2. The highest BCUT2D eigenvalue weighted by Gasteiger charge is 2.31. The molecule has 1 aromatic rings. The largest absolute Gasteiger partial charge is 0.449 e. The van der Waals surface area contributed by atoms with Crippen molar-refractivity contribution >= 4 is 6.09 Å². The summed E-state index contributed by atoms with van der Waals surface area (Å²) in [5.41, 5.74) is 1.21. The van der Waals surface area contributed by atoms with Crippen LogP contribution in [0.1, 0.15) is 19.4 Å². The summed E-state index contributed by atoms with van der Waals surface area (Å²) in [6.45, 7) is 6.79. The van der Waals surface area contributed by atoms with Crippen molar-refractivity contribution < 1.29 is 9.53 Å². The monoisotopic (exact) mass is 248 g/mol. The maximum absolute atomic E-state index is 11.9. The molecule has 98 valence electrons. The molecule has 4 heteroatoms. The van der Waals surface area contributed by atoms with Crippen molar-refractivity contribution in [3.8, 4) is 0 Å². The van der Waals surface area contributed by atoms with Crippen molar-refractivity contribution in [2.24, 2.45) is 5.92 Å². The molecule has 1 aliphatic rings. The summed E-state index contributed by atoms with van der Waals surface area (Å²) >= 11 is 0. The highest BCUT2D eigenvalue weighted by Crippen LogP contribution is 2.19. The topological polar surface area (TPSA) is 32.8 Å². The fraction of sp³-hybridized carbons (Fsp3) is 0.500. The molecule has 1 saturated heterocycles. The molecule has 0 radical (unpaired) electrons. The van der Waals surface area contributed by atoms with Gasteiger partial charge in [0.15, 0.2) is 0 Å². The Labute approximate surface area is 108 Å². The van der Waals surface area contributed by atoms with Crippen LogP contribution in [0.3, 0.4) is 0 Å². The molecule has 1 fully saturated rings. The summed E-state index contributed by atoms with van der Waals surface area (Å²) in [5.74, 6) is 0.484. The van der Waals surface area contributed by atoms with Gasteiger partial charge in [-0.3, -0.25) is 0 Å². The van der Waals surface area contributed by atoms with Gasteiger partial charge in [-0.15, -0.1) is 0 Å². The van der Waals surface area contributed by atoms with Crippen LogP contribution in [0.4, 0.5) is 4.79 Å². The second kappa shape index (κ2) is 5.87. The third-order valence-electron chi connectivity index (χ3n) is 3.03. The van der Waals surface area contributed by atoms with Crippen LogP contribution in [0, 0.1) is 5.92 Å². The van der Waals surface area contributed by atoms with E-state index in [1.165, 1.54) is 5.56 Å². The van der Waals surface area contributed by atoms with Gasteiger partial charge in [-0.1, -0.05) is 37.3 Å².